The highest BCUT2D eigenvalue weighted by Gasteiger charge is 2.18. The van der Waals surface area contributed by atoms with E-state index in [1.54, 1.807) is 0 Å². The summed E-state index contributed by atoms with van der Waals surface area (Å²) in [6, 6.07) is 17.4. The second-order valence-electron chi connectivity index (χ2n) is 11.7. The molecular formula is C35H46N6. The maximum Gasteiger partial charge on any atom is 0.126 e. The largest absolute Gasteiger partial charge is 0.373 e. The van der Waals surface area contributed by atoms with Crippen molar-refractivity contribution in [2.45, 2.75) is 45.1 Å². The Morgan fingerprint density at radius 2 is 1.73 bits per heavy atom. The van der Waals surface area contributed by atoms with Crippen LogP contribution in [0.5, 0.6) is 0 Å². The van der Waals surface area contributed by atoms with Crippen LogP contribution in [0.25, 0.3) is 28.0 Å². The molecule has 0 aliphatic carbocycles. The summed E-state index contributed by atoms with van der Waals surface area (Å²) in [5.41, 5.74) is 6.46. The number of aromatic nitrogens is 3. The Kier molecular flexibility index (Phi) is 9.86. The molecule has 0 atom stereocenters. The summed E-state index contributed by atoms with van der Waals surface area (Å²) in [5, 5.41) is 10.0. The van der Waals surface area contributed by atoms with Crippen molar-refractivity contribution in [3.8, 4) is 11.1 Å². The zero-order valence-corrected chi connectivity index (χ0v) is 25.1. The summed E-state index contributed by atoms with van der Waals surface area (Å²) in [7, 11) is 6.16. The van der Waals surface area contributed by atoms with Crippen LogP contribution >= 0.6 is 0 Å². The molecule has 6 nitrogen and oxygen atoms in total. The Balaban J connectivity index is 0.000000182. The van der Waals surface area contributed by atoms with Gasteiger partial charge in [0.15, 0.2) is 0 Å². The third-order valence-corrected chi connectivity index (χ3v) is 8.72. The fraction of sp³-hybridized carbons (Fsp3) is 0.429. The van der Waals surface area contributed by atoms with Gasteiger partial charge in [-0.25, -0.2) is 4.98 Å². The summed E-state index contributed by atoms with van der Waals surface area (Å²) in [6.07, 6.45) is 13.7. The van der Waals surface area contributed by atoms with Gasteiger partial charge in [-0.15, -0.1) is 0 Å². The van der Waals surface area contributed by atoms with Crippen LogP contribution in [0.1, 0.15) is 48.9 Å². The van der Waals surface area contributed by atoms with Gasteiger partial charge in [-0.3, -0.25) is 9.58 Å². The Bertz CT molecular complexity index is 1430. The molecule has 0 amide bonds. The van der Waals surface area contributed by atoms with Gasteiger partial charge in [0.05, 0.1) is 11.9 Å². The molecule has 1 N–H and O–H groups in total. The first kappa shape index (κ1) is 29.0. The number of pyridine rings is 1. The first-order chi connectivity index (χ1) is 20.0. The van der Waals surface area contributed by atoms with Crippen molar-refractivity contribution in [3.05, 3.63) is 84.3 Å². The average molecular weight is 551 g/mol. The van der Waals surface area contributed by atoms with Crippen LogP contribution in [-0.2, 0) is 20.0 Å². The summed E-state index contributed by atoms with van der Waals surface area (Å²) in [5.74, 6) is 1.76. The second-order valence-corrected chi connectivity index (χ2v) is 11.7. The molecule has 216 valence electrons. The van der Waals surface area contributed by atoms with Crippen LogP contribution in [0.3, 0.4) is 0 Å². The molecule has 2 aliphatic rings. The molecule has 0 unspecified atom stereocenters. The molecule has 0 bridgehead atoms. The molecule has 2 fully saturated rings. The highest BCUT2D eigenvalue weighted by atomic mass is 15.3. The van der Waals surface area contributed by atoms with Gasteiger partial charge in [0.1, 0.15) is 5.82 Å². The van der Waals surface area contributed by atoms with Crippen molar-refractivity contribution in [3.63, 3.8) is 0 Å². The number of piperidine rings is 2. The van der Waals surface area contributed by atoms with Gasteiger partial charge in [0.25, 0.3) is 0 Å². The first-order valence-electron chi connectivity index (χ1n) is 15.2. The van der Waals surface area contributed by atoms with Crippen molar-refractivity contribution < 1.29 is 0 Å². The number of aryl methyl sites for hydroxylation is 1. The smallest absolute Gasteiger partial charge is 0.126 e. The van der Waals surface area contributed by atoms with Gasteiger partial charge < -0.3 is 10.2 Å². The molecule has 2 aromatic heterocycles. The quantitative estimate of drug-likeness (QED) is 0.272. The minimum Gasteiger partial charge on any atom is -0.373 e. The number of nitrogens with one attached hydrogen (secondary N) is 1. The number of hydrogen-bond acceptors (Lipinski definition) is 5. The van der Waals surface area contributed by atoms with E-state index in [0.717, 1.165) is 23.7 Å². The number of benzene rings is 2. The predicted molar refractivity (Wildman–Crippen MR) is 173 cm³/mol. The average Bonchev–Trinajstić information content (AvgIpc) is 3.38. The van der Waals surface area contributed by atoms with Crippen LogP contribution in [0, 0.1) is 5.92 Å². The number of nitrogens with zero attached hydrogens (tertiary/aromatic N) is 5. The van der Waals surface area contributed by atoms with Gasteiger partial charge in [-0.1, -0.05) is 55.5 Å². The zero-order valence-electron chi connectivity index (χ0n) is 25.1. The van der Waals surface area contributed by atoms with Crippen LogP contribution in [0.2, 0.25) is 0 Å². The van der Waals surface area contributed by atoms with Crippen molar-refractivity contribution in [2.24, 2.45) is 13.0 Å². The van der Waals surface area contributed by atoms with E-state index < -0.39 is 0 Å². The van der Waals surface area contributed by atoms with E-state index in [9.17, 15) is 0 Å². The molecule has 41 heavy (non-hydrogen) atoms. The summed E-state index contributed by atoms with van der Waals surface area (Å²) in [6.45, 7) is 9.70. The second kappa shape index (κ2) is 13.9. The van der Waals surface area contributed by atoms with Crippen molar-refractivity contribution in [1.82, 2.24) is 24.6 Å². The maximum atomic E-state index is 4.54. The van der Waals surface area contributed by atoms with Crippen molar-refractivity contribution in [1.29, 1.82) is 0 Å². The monoisotopic (exact) mass is 550 g/mol. The third-order valence-electron chi connectivity index (χ3n) is 8.72. The summed E-state index contributed by atoms with van der Waals surface area (Å²) < 4.78 is 2.03. The molecule has 4 aromatic rings. The van der Waals surface area contributed by atoms with Crippen LogP contribution in [-0.4, -0.2) is 64.8 Å². The van der Waals surface area contributed by atoms with Gasteiger partial charge in [0.2, 0.25) is 0 Å². The lowest BCUT2D eigenvalue weighted by atomic mass is 9.90. The van der Waals surface area contributed by atoms with E-state index in [2.05, 4.69) is 87.4 Å². The lowest BCUT2D eigenvalue weighted by Crippen LogP contribution is -2.30. The van der Waals surface area contributed by atoms with E-state index in [4.69, 9.17) is 0 Å². The zero-order chi connectivity index (χ0) is 28.6. The van der Waals surface area contributed by atoms with E-state index in [1.165, 1.54) is 98.0 Å². The fourth-order valence-corrected chi connectivity index (χ4v) is 6.11. The molecule has 4 heterocycles. The molecule has 2 saturated heterocycles. The Hall–Kier alpha value is -3.48. The molecule has 6 rings (SSSR count). The number of rotatable bonds is 7. The highest BCUT2D eigenvalue weighted by Crippen LogP contribution is 2.29. The number of anilines is 1. The van der Waals surface area contributed by atoms with E-state index >= 15 is 0 Å². The Labute approximate surface area is 246 Å². The van der Waals surface area contributed by atoms with Gasteiger partial charge >= 0.3 is 0 Å². The predicted octanol–water partition coefficient (Wildman–Crippen LogP) is 6.88. The Morgan fingerprint density at radius 3 is 2.49 bits per heavy atom. The molecule has 6 heteroatoms. The molecule has 2 aliphatic heterocycles. The van der Waals surface area contributed by atoms with Crippen LogP contribution < -0.4 is 5.32 Å². The number of likely N-dealkylation sites (tertiary alicyclic amines) is 2. The van der Waals surface area contributed by atoms with Crippen molar-refractivity contribution >= 4 is 22.7 Å². The van der Waals surface area contributed by atoms with Crippen LogP contribution in [0.15, 0.2) is 67.5 Å². The van der Waals surface area contributed by atoms with Crippen molar-refractivity contribution in [2.75, 3.05) is 45.6 Å². The molecule has 0 saturated carbocycles. The maximum absolute atomic E-state index is 4.54. The number of hydrogen-bond donors (Lipinski definition) is 1. The third kappa shape index (κ3) is 7.63. The van der Waals surface area contributed by atoms with Gasteiger partial charge in [-0.2, -0.15) is 5.10 Å². The van der Waals surface area contributed by atoms with E-state index in [0.29, 0.717) is 0 Å². The normalized spacial score (nSPS) is 16.8. The summed E-state index contributed by atoms with van der Waals surface area (Å²) >= 11 is 0. The highest BCUT2D eigenvalue weighted by molar-refractivity contribution is 5.88. The minimum absolute atomic E-state index is 0.872. The Morgan fingerprint density at radius 1 is 0.927 bits per heavy atom. The molecule has 2 aromatic carbocycles. The molecule has 0 spiro atoms. The van der Waals surface area contributed by atoms with Crippen LogP contribution in [0.4, 0.5) is 5.82 Å². The lowest BCUT2D eigenvalue weighted by molar-refractivity contribution is 0.216. The first-order valence-corrected chi connectivity index (χ1v) is 15.2. The standard InChI is InChI=1S/C20H25N5.C15H21N/c1-21-20-11-17-10-15(6-7-16(17)12-22-20)18-13-23-24(2)19(18)14-25-8-4-3-5-9-25;1-3-13-5-4-6-15(11-13)12-14-7-9-16(2)10-8-14/h6-7,10-13H,3-5,8-9,14H2,1-2H3,(H,21,22);3-6,11,14H,1,7-10,12H2,2H3. The van der Waals surface area contributed by atoms with E-state index in [1.807, 2.05) is 37.2 Å². The van der Waals surface area contributed by atoms with Gasteiger partial charge in [-0.05, 0) is 105 Å². The number of fused-ring (bicyclic) bond motifs is 1. The van der Waals surface area contributed by atoms with E-state index in [-0.39, 0.29) is 0 Å². The van der Waals surface area contributed by atoms with Gasteiger partial charge in [0, 0.05) is 37.8 Å². The molecular weight excluding hydrogens is 504 g/mol. The lowest BCUT2D eigenvalue weighted by Gasteiger charge is -2.29. The SMILES string of the molecule is C=Cc1cccc(CC2CCN(C)CC2)c1.CNc1cc2cc(-c3cnn(C)c3CN3CCCCC3)ccc2cn1. The summed E-state index contributed by atoms with van der Waals surface area (Å²) in [4.78, 5) is 9.37. The molecule has 0 radical (unpaired) electrons. The fourth-order valence-electron chi connectivity index (χ4n) is 6.11. The topological polar surface area (TPSA) is 49.2 Å². The minimum atomic E-state index is 0.872.